The van der Waals surface area contributed by atoms with E-state index in [1.807, 2.05) is 18.2 Å². The SMILES string of the molecule is CCNC(=NCc1ccccc1OCC1CC1)NCC1(OC)CCOCC1. The maximum Gasteiger partial charge on any atom is 0.191 e. The third-order valence-corrected chi connectivity index (χ3v) is 5.31. The van der Waals surface area contributed by atoms with Crippen LogP contribution in [0.3, 0.4) is 0 Å². The Morgan fingerprint density at radius 3 is 2.70 bits per heavy atom. The fourth-order valence-electron chi connectivity index (χ4n) is 3.21. The predicted octanol–water partition coefficient (Wildman–Crippen LogP) is 2.73. The summed E-state index contributed by atoms with van der Waals surface area (Å²) in [5, 5.41) is 6.77. The fourth-order valence-corrected chi connectivity index (χ4v) is 3.21. The number of para-hydroxylation sites is 1. The summed E-state index contributed by atoms with van der Waals surface area (Å²) in [6, 6.07) is 8.18. The number of aliphatic imine (C=N–C) groups is 1. The number of guanidine groups is 1. The van der Waals surface area contributed by atoms with Gasteiger partial charge in [-0.1, -0.05) is 18.2 Å². The second-order valence-corrected chi connectivity index (χ2v) is 7.41. The van der Waals surface area contributed by atoms with E-state index >= 15 is 0 Å². The monoisotopic (exact) mass is 375 g/mol. The molecule has 1 saturated heterocycles. The summed E-state index contributed by atoms with van der Waals surface area (Å²) in [5.74, 6) is 2.49. The molecule has 0 atom stereocenters. The predicted molar refractivity (Wildman–Crippen MR) is 107 cm³/mol. The Kier molecular flexibility index (Phi) is 7.35. The number of hydrogen-bond donors (Lipinski definition) is 2. The molecule has 27 heavy (non-hydrogen) atoms. The van der Waals surface area contributed by atoms with Crippen LogP contribution in [0, 0.1) is 5.92 Å². The van der Waals surface area contributed by atoms with Gasteiger partial charge >= 0.3 is 0 Å². The lowest BCUT2D eigenvalue weighted by Gasteiger charge is -2.36. The first-order valence-corrected chi connectivity index (χ1v) is 10.1. The van der Waals surface area contributed by atoms with Gasteiger partial charge in [0.25, 0.3) is 0 Å². The lowest BCUT2D eigenvalue weighted by molar-refractivity contribution is -0.0855. The zero-order valence-electron chi connectivity index (χ0n) is 16.6. The summed E-state index contributed by atoms with van der Waals surface area (Å²) in [4.78, 5) is 4.76. The van der Waals surface area contributed by atoms with E-state index in [-0.39, 0.29) is 5.60 Å². The highest BCUT2D eigenvalue weighted by Gasteiger charge is 2.32. The smallest absolute Gasteiger partial charge is 0.191 e. The second-order valence-electron chi connectivity index (χ2n) is 7.41. The van der Waals surface area contributed by atoms with Gasteiger partial charge in [-0.3, -0.25) is 0 Å². The first kappa shape index (κ1) is 20.0. The molecule has 6 nitrogen and oxygen atoms in total. The van der Waals surface area contributed by atoms with Gasteiger partial charge in [-0.15, -0.1) is 0 Å². The number of ether oxygens (including phenoxy) is 3. The molecule has 0 spiro atoms. The maximum absolute atomic E-state index is 6.00. The summed E-state index contributed by atoms with van der Waals surface area (Å²) in [6.07, 6.45) is 4.38. The molecule has 1 aliphatic carbocycles. The Bertz CT molecular complexity index is 610. The highest BCUT2D eigenvalue weighted by molar-refractivity contribution is 5.79. The Labute approximate surface area is 162 Å². The molecule has 1 aromatic rings. The van der Waals surface area contributed by atoms with Crippen LogP contribution in [0.25, 0.3) is 0 Å². The molecular formula is C21H33N3O3. The van der Waals surface area contributed by atoms with Crippen molar-refractivity contribution in [1.82, 2.24) is 10.6 Å². The lowest BCUT2D eigenvalue weighted by atomic mass is 9.94. The second kappa shape index (κ2) is 9.95. The van der Waals surface area contributed by atoms with Crippen molar-refractivity contribution in [3.05, 3.63) is 29.8 Å². The number of rotatable bonds is 9. The zero-order chi connectivity index (χ0) is 19.0. The fraction of sp³-hybridized carbons (Fsp3) is 0.667. The van der Waals surface area contributed by atoms with Gasteiger partial charge in [0.05, 0.1) is 18.8 Å². The number of benzene rings is 1. The van der Waals surface area contributed by atoms with Crippen LogP contribution in [-0.2, 0) is 16.0 Å². The minimum Gasteiger partial charge on any atom is -0.493 e. The minimum atomic E-state index is -0.181. The van der Waals surface area contributed by atoms with Crippen molar-refractivity contribution in [2.24, 2.45) is 10.9 Å². The summed E-state index contributed by atoms with van der Waals surface area (Å²) in [6.45, 7) is 6.50. The minimum absolute atomic E-state index is 0.181. The molecule has 6 heteroatoms. The molecule has 0 unspecified atom stereocenters. The van der Waals surface area contributed by atoms with E-state index in [2.05, 4.69) is 23.6 Å². The number of methoxy groups -OCH3 is 1. The van der Waals surface area contributed by atoms with Crippen LogP contribution in [0.4, 0.5) is 0 Å². The van der Waals surface area contributed by atoms with Crippen molar-refractivity contribution in [3.8, 4) is 5.75 Å². The molecule has 2 fully saturated rings. The highest BCUT2D eigenvalue weighted by Crippen LogP contribution is 2.30. The Morgan fingerprint density at radius 2 is 2.00 bits per heavy atom. The molecule has 0 amide bonds. The van der Waals surface area contributed by atoms with Crippen LogP contribution in [0.2, 0.25) is 0 Å². The van der Waals surface area contributed by atoms with Crippen LogP contribution < -0.4 is 15.4 Å². The number of nitrogens with one attached hydrogen (secondary N) is 2. The van der Waals surface area contributed by atoms with Gasteiger partial charge in [0.1, 0.15) is 5.75 Å². The Hall–Kier alpha value is -1.79. The largest absolute Gasteiger partial charge is 0.493 e. The van der Waals surface area contributed by atoms with Gasteiger partial charge in [-0.25, -0.2) is 4.99 Å². The van der Waals surface area contributed by atoms with E-state index < -0.39 is 0 Å². The van der Waals surface area contributed by atoms with Crippen molar-refractivity contribution < 1.29 is 14.2 Å². The molecule has 1 aromatic carbocycles. The van der Waals surface area contributed by atoms with E-state index in [1.54, 1.807) is 7.11 Å². The normalized spacial score (nSPS) is 19.6. The van der Waals surface area contributed by atoms with E-state index in [0.717, 1.165) is 68.9 Å². The third kappa shape index (κ3) is 6.11. The van der Waals surface area contributed by atoms with Crippen LogP contribution in [0.5, 0.6) is 5.75 Å². The molecule has 0 radical (unpaired) electrons. The molecule has 1 saturated carbocycles. The van der Waals surface area contributed by atoms with Gasteiger partial charge in [0.2, 0.25) is 0 Å². The third-order valence-electron chi connectivity index (χ3n) is 5.31. The van der Waals surface area contributed by atoms with Crippen LogP contribution in [-0.4, -0.2) is 51.6 Å². The molecule has 150 valence electrons. The molecule has 2 aliphatic rings. The lowest BCUT2D eigenvalue weighted by Crippen LogP contribution is -2.50. The summed E-state index contributed by atoms with van der Waals surface area (Å²) < 4.78 is 17.3. The van der Waals surface area contributed by atoms with Gasteiger partial charge in [-0.2, -0.15) is 0 Å². The van der Waals surface area contributed by atoms with Crippen LogP contribution >= 0.6 is 0 Å². The van der Waals surface area contributed by atoms with E-state index in [1.165, 1.54) is 12.8 Å². The molecular weight excluding hydrogens is 342 g/mol. The van der Waals surface area contributed by atoms with E-state index in [0.29, 0.717) is 6.54 Å². The molecule has 1 heterocycles. The van der Waals surface area contributed by atoms with Gasteiger partial charge in [0.15, 0.2) is 5.96 Å². The van der Waals surface area contributed by atoms with Crippen molar-refractivity contribution in [2.75, 3.05) is 40.0 Å². The quantitative estimate of drug-likeness (QED) is 0.513. The van der Waals surface area contributed by atoms with E-state index in [9.17, 15) is 0 Å². The first-order valence-electron chi connectivity index (χ1n) is 10.1. The molecule has 2 N–H and O–H groups in total. The maximum atomic E-state index is 6.00. The highest BCUT2D eigenvalue weighted by atomic mass is 16.5. The van der Waals surface area contributed by atoms with Gasteiger partial charge < -0.3 is 24.8 Å². The summed E-state index contributed by atoms with van der Waals surface area (Å²) >= 11 is 0. The standard InChI is InChI=1S/C21H33N3O3/c1-3-22-20(24-16-21(25-2)10-12-26-13-11-21)23-14-18-6-4-5-7-19(18)27-15-17-8-9-17/h4-7,17H,3,8-16H2,1-2H3,(H2,22,23,24). The van der Waals surface area contributed by atoms with Crippen molar-refractivity contribution >= 4 is 5.96 Å². The van der Waals surface area contributed by atoms with E-state index in [4.69, 9.17) is 19.2 Å². The Balaban J connectivity index is 1.59. The average Bonchev–Trinajstić information content (AvgIpc) is 3.54. The van der Waals surface area contributed by atoms with Crippen molar-refractivity contribution in [1.29, 1.82) is 0 Å². The van der Waals surface area contributed by atoms with Gasteiger partial charge in [-0.05, 0) is 31.7 Å². The van der Waals surface area contributed by atoms with Crippen molar-refractivity contribution in [3.63, 3.8) is 0 Å². The van der Waals surface area contributed by atoms with Crippen LogP contribution in [0.1, 0.15) is 38.2 Å². The molecule has 1 aliphatic heterocycles. The summed E-state index contributed by atoms with van der Waals surface area (Å²) in [5.41, 5.74) is 0.933. The van der Waals surface area contributed by atoms with Crippen LogP contribution in [0.15, 0.2) is 29.3 Å². The topological polar surface area (TPSA) is 64.1 Å². The number of hydrogen-bond acceptors (Lipinski definition) is 4. The van der Waals surface area contributed by atoms with Crippen molar-refractivity contribution in [2.45, 2.75) is 44.8 Å². The molecule has 0 bridgehead atoms. The number of nitrogens with zero attached hydrogens (tertiary/aromatic N) is 1. The first-order chi connectivity index (χ1) is 13.2. The summed E-state index contributed by atoms with van der Waals surface area (Å²) in [7, 11) is 1.78. The molecule has 0 aromatic heterocycles. The average molecular weight is 376 g/mol. The Morgan fingerprint density at radius 1 is 1.22 bits per heavy atom. The zero-order valence-corrected chi connectivity index (χ0v) is 16.6. The molecule has 3 rings (SSSR count). The van der Waals surface area contributed by atoms with Gasteiger partial charge in [0, 0.05) is 51.8 Å².